The van der Waals surface area contributed by atoms with E-state index in [9.17, 15) is 13.2 Å². The molecule has 0 aliphatic rings. The van der Waals surface area contributed by atoms with Crippen molar-refractivity contribution in [2.45, 2.75) is 25.8 Å². The predicted octanol–water partition coefficient (Wildman–Crippen LogP) is -2.46. The van der Waals surface area contributed by atoms with Crippen LogP contribution < -0.4 is 34.9 Å². The van der Waals surface area contributed by atoms with E-state index in [4.69, 9.17) is 4.55 Å². The summed E-state index contributed by atoms with van der Waals surface area (Å²) in [4.78, 5) is 11.3. The quantitative estimate of drug-likeness (QED) is 0.225. The van der Waals surface area contributed by atoms with Gasteiger partial charge in [-0.2, -0.15) is 8.42 Å². The first-order valence-corrected chi connectivity index (χ1v) is 7.70. The molecular formula is C12H26N2NaO4S+. The maximum atomic E-state index is 11.3. The Labute approximate surface area is 145 Å². The molecule has 0 unspecified atom stereocenters. The second kappa shape index (κ2) is 8.51. The van der Waals surface area contributed by atoms with Crippen LogP contribution >= 0.6 is 0 Å². The zero-order chi connectivity index (χ0) is 15.3. The van der Waals surface area contributed by atoms with Gasteiger partial charge in [-0.1, -0.05) is 6.58 Å². The van der Waals surface area contributed by atoms with Crippen LogP contribution in [0.15, 0.2) is 12.7 Å². The number of carbonyl (C=O) groups excluding carboxylic acids is 1. The first kappa shape index (κ1) is 22.4. The maximum absolute atomic E-state index is 11.3. The number of quaternary nitrogens is 1. The van der Waals surface area contributed by atoms with Crippen LogP contribution in [0.4, 0.5) is 0 Å². The fourth-order valence-electron chi connectivity index (χ4n) is 2.25. The van der Waals surface area contributed by atoms with Crippen LogP contribution in [-0.2, 0) is 14.9 Å². The van der Waals surface area contributed by atoms with E-state index in [-0.39, 0.29) is 42.6 Å². The van der Waals surface area contributed by atoms with Crippen LogP contribution in [0.3, 0.4) is 0 Å². The van der Waals surface area contributed by atoms with Gasteiger partial charge in [-0.15, -0.1) is 0 Å². The summed E-state index contributed by atoms with van der Waals surface area (Å²) in [5.41, 5.74) is -0.424. The Morgan fingerprint density at radius 2 is 1.95 bits per heavy atom. The van der Waals surface area contributed by atoms with Gasteiger partial charge in [-0.05, 0) is 19.9 Å². The molecule has 0 rings (SSSR count). The number of hydrogen-bond donors (Lipinski definition) is 2. The second-order valence-electron chi connectivity index (χ2n) is 6.03. The van der Waals surface area contributed by atoms with Gasteiger partial charge in [-0.3, -0.25) is 9.35 Å². The third-order valence-electron chi connectivity index (χ3n) is 2.64. The largest absolute Gasteiger partial charge is 1.00 e. The third-order valence-corrected chi connectivity index (χ3v) is 3.44. The van der Waals surface area contributed by atoms with E-state index in [1.54, 1.807) is 0 Å². The fraction of sp³-hybridized carbons (Fsp3) is 0.750. The smallest absolute Gasteiger partial charge is 1.00 e. The fourth-order valence-corrected chi connectivity index (χ4v) is 2.74. The molecule has 0 fully saturated rings. The number of hydrogen-bond acceptors (Lipinski definition) is 3. The van der Waals surface area contributed by atoms with Crippen LogP contribution in [-0.4, -0.2) is 61.8 Å². The molecule has 8 heteroatoms. The van der Waals surface area contributed by atoms with Gasteiger partial charge in [0.1, 0.15) is 6.54 Å². The van der Waals surface area contributed by atoms with Gasteiger partial charge >= 0.3 is 29.6 Å². The first-order valence-electron chi connectivity index (χ1n) is 6.09. The summed E-state index contributed by atoms with van der Waals surface area (Å²) in [6.07, 6.45) is 1.59. The van der Waals surface area contributed by atoms with E-state index >= 15 is 0 Å². The van der Waals surface area contributed by atoms with Crippen LogP contribution in [0.1, 0.15) is 21.7 Å². The molecule has 0 aliphatic carbocycles. The van der Waals surface area contributed by atoms with Crippen molar-refractivity contribution in [3.63, 3.8) is 0 Å². The number of rotatable bonds is 8. The zero-order valence-corrected chi connectivity index (χ0v) is 16.0. The van der Waals surface area contributed by atoms with E-state index in [0.717, 1.165) is 0 Å². The summed E-state index contributed by atoms with van der Waals surface area (Å²) in [5.74, 6) is -0.475. The summed E-state index contributed by atoms with van der Waals surface area (Å²) in [6.45, 7) is 8.43. The number of likely N-dealkylation sites (N-methyl/N-ethyl adjacent to an activating group) is 1. The number of carbonyl (C=O) groups is 1. The van der Waals surface area contributed by atoms with Crippen LogP contribution in [0.25, 0.3) is 0 Å². The number of nitrogens with one attached hydrogen (secondary N) is 1. The molecule has 0 aromatic heterocycles. The van der Waals surface area contributed by atoms with Crippen molar-refractivity contribution in [2.24, 2.45) is 0 Å². The molecular weight excluding hydrogens is 291 g/mol. The van der Waals surface area contributed by atoms with Gasteiger partial charge in [0.15, 0.2) is 0 Å². The van der Waals surface area contributed by atoms with Crippen LogP contribution in [0.2, 0.25) is 0 Å². The Kier molecular flexibility index (Phi) is 9.51. The molecule has 0 saturated carbocycles. The molecule has 20 heavy (non-hydrogen) atoms. The third kappa shape index (κ3) is 11.9. The zero-order valence-electron chi connectivity index (χ0n) is 14.1. The summed E-state index contributed by atoms with van der Waals surface area (Å²) < 4.78 is 30.6. The molecule has 0 atom stereocenters. The molecule has 0 aromatic carbocycles. The number of nitrogens with zero attached hydrogens (tertiary/aromatic N) is 1. The van der Waals surface area contributed by atoms with Crippen molar-refractivity contribution >= 4 is 16.0 Å². The first-order chi connectivity index (χ1) is 8.37. The average molecular weight is 317 g/mol. The van der Waals surface area contributed by atoms with Gasteiger partial charge in [0.25, 0.3) is 10.1 Å². The van der Waals surface area contributed by atoms with E-state index in [1.807, 2.05) is 27.9 Å². The Bertz CT molecular complexity index is 439. The van der Waals surface area contributed by atoms with Crippen LogP contribution in [0.5, 0.6) is 0 Å². The molecule has 1 amide bonds. The van der Waals surface area contributed by atoms with Crippen molar-refractivity contribution in [1.29, 1.82) is 0 Å². The van der Waals surface area contributed by atoms with Gasteiger partial charge < -0.3 is 11.2 Å². The predicted molar refractivity (Wildman–Crippen MR) is 76.4 cm³/mol. The summed E-state index contributed by atoms with van der Waals surface area (Å²) >= 11 is 0. The van der Waals surface area contributed by atoms with Crippen molar-refractivity contribution in [2.75, 3.05) is 32.9 Å². The van der Waals surface area contributed by atoms with Crippen LogP contribution in [0, 0.1) is 0 Å². The molecule has 6 nitrogen and oxygen atoms in total. The minimum atomic E-state index is -3.91. The minimum absolute atomic E-state index is 0. The summed E-state index contributed by atoms with van der Waals surface area (Å²) in [6, 6.07) is 0. The minimum Gasteiger partial charge on any atom is -1.00 e. The van der Waals surface area contributed by atoms with Crippen molar-refractivity contribution in [3.05, 3.63) is 12.7 Å². The van der Waals surface area contributed by atoms with E-state index in [1.165, 1.54) is 6.08 Å². The molecule has 114 valence electrons. The van der Waals surface area contributed by atoms with Crippen molar-refractivity contribution in [1.82, 2.24) is 5.32 Å². The second-order valence-corrected chi connectivity index (χ2v) is 7.61. The summed E-state index contributed by atoms with van der Waals surface area (Å²) in [5, 5.41) is 2.83. The monoisotopic (exact) mass is 317 g/mol. The molecule has 0 spiro atoms. The Balaban J connectivity index is -0.00000162. The molecule has 2 N–H and O–H groups in total. The Morgan fingerprint density at radius 3 is 2.35 bits per heavy atom. The Morgan fingerprint density at radius 1 is 1.45 bits per heavy atom. The molecule has 0 bridgehead atoms. The summed E-state index contributed by atoms with van der Waals surface area (Å²) in [7, 11) is -0.00579. The van der Waals surface area contributed by atoms with Gasteiger partial charge in [-0.25, -0.2) is 0 Å². The molecule has 0 heterocycles. The van der Waals surface area contributed by atoms with Crippen molar-refractivity contribution in [3.8, 4) is 0 Å². The maximum Gasteiger partial charge on any atom is 1.00 e. The molecule has 0 saturated heterocycles. The van der Waals surface area contributed by atoms with Gasteiger partial charge in [0.2, 0.25) is 5.91 Å². The molecule has 0 radical (unpaired) electrons. The number of amides is 1. The molecule has 0 aromatic rings. The van der Waals surface area contributed by atoms with Crippen molar-refractivity contribution < 1.29 is 53.2 Å². The Hall–Kier alpha value is 0.0800. The van der Waals surface area contributed by atoms with Gasteiger partial charge in [0.05, 0.1) is 31.9 Å². The molecule has 0 aliphatic heterocycles. The van der Waals surface area contributed by atoms with Gasteiger partial charge in [0, 0.05) is 6.42 Å². The average Bonchev–Trinajstić information content (AvgIpc) is 2.11. The van der Waals surface area contributed by atoms with E-state index in [0.29, 0.717) is 24.0 Å². The van der Waals surface area contributed by atoms with E-state index < -0.39 is 15.7 Å². The normalized spacial score (nSPS) is 12.4. The SMILES string of the molecule is C=CC(=O)NC(C)(C)C[N+](C)(C)CCCS(=O)(=O)O.[H-].[Na+]. The van der Waals surface area contributed by atoms with E-state index in [2.05, 4.69) is 11.9 Å². The standard InChI is InChI=1S/C12H24N2O4S.Na.H/c1-6-11(15)13-12(2,3)10-14(4,5)8-7-9-19(16,17)18;;/h6H,1,7-10H2,2-5H3,(H-,13,15,16,17,18);;/q;+1;-1/p+1. The topological polar surface area (TPSA) is 83.5 Å².